The van der Waals surface area contributed by atoms with Crippen LogP contribution >= 0.6 is 7.82 Å². The highest BCUT2D eigenvalue weighted by Gasteiger charge is 2.51. The molecule has 0 spiro atoms. The summed E-state index contributed by atoms with van der Waals surface area (Å²) >= 11 is 0. The molecule has 0 heterocycles. The zero-order valence-corrected chi connectivity index (χ0v) is 39.6. The van der Waals surface area contributed by atoms with E-state index >= 15 is 0 Å². The molecule has 368 valence electrons. The summed E-state index contributed by atoms with van der Waals surface area (Å²) in [5.41, 5.74) is 0. The third-order valence-electron chi connectivity index (χ3n) is 10.6. The van der Waals surface area contributed by atoms with Gasteiger partial charge >= 0.3 is 19.8 Å². The van der Waals surface area contributed by atoms with E-state index in [0.29, 0.717) is 6.42 Å². The van der Waals surface area contributed by atoms with Crippen molar-refractivity contribution in [3.05, 3.63) is 72.9 Å². The van der Waals surface area contributed by atoms with Gasteiger partial charge in [0, 0.05) is 12.8 Å². The highest BCUT2D eigenvalue weighted by atomic mass is 31.2. The summed E-state index contributed by atoms with van der Waals surface area (Å²) in [7, 11) is -5.17. The van der Waals surface area contributed by atoms with Gasteiger partial charge in [0.25, 0.3) is 0 Å². The minimum absolute atomic E-state index is 0.0439. The van der Waals surface area contributed by atoms with Crippen LogP contribution in [0.15, 0.2) is 72.9 Å². The predicted octanol–water partition coefficient (Wildman–Crippen LogP) is 8.47. The summed E-state index contributed by atoms with van der Waals surface area (Å²) in [6.07, 6.45) is 31.1. The van der Waals surface area contributed by atoms with Gasteiger partial charge in [-0.25, -0.2) is 4.57 Å². The number of carbonyl (C=O) groups is 2. The minimum Gasteiger partial charge on any atom is -0.462 e. The summed E-state index contributed by atoms with van der Waals surface area (Å²) in [5, 5.41) is 60.5. The van der Waals surface area contributed by atoms with E-state index in [2.05, 4.69) is 62.5 Å². The lowest BCUT2D eigenvalue weighted by atomic mass is 9.85. The highest BCUT2D eigenvalue weighted by molar-refractivity contribution is 7.47. The van der Waals surface area contributed by atoms with Crippen molar-refractivity contribution in [3.8, 4) is 0 Å². The maximum absolute atomic E-state index is 12.8. The molecule has 1 saturated carbocycles. The lowest BCUT2D eigenvalue weighted by Gasteiger charge is -2.41. The smallest absolute Gasteiger partial charge is 0.462 e. The van der Waals surface area contributed by atoms with Crippen molar-refractivity contribution in [3.63, 3.8) is 0 Å². The van der Waals surface area contributed by atoms with E-state index in [1.807, 2.05) is 12.2 Å². The number of hydrogen-bond donors (Lipinski definition) is 7. The largest absolute Gasteiger partial charge is 0.472 e. The van der Waals surface area contributed by atoms with E-state index in [4.69, 9.17) is 18.5 Å². The van der Waals surface area contributed by atoms with Gasteiger partial charge in [-0.05, 0) is 77.0 Å². The quantitative estimate of drug-likeness (QED) is 0.0101. The van der Waals surface area contributed by atoms with E-state index in [-0.39, 0.29) is 25.7 Å². The van der Waals surface area contributed by atoms with Crippen molar-refractivity contribution in [1.29, 1.82) is 0 Å². The van der Waals surface area contributed by atoms with Crippen LogP contribution in [0.3, 0.4) is 0 Å². The summed E-state index contributed by atoms with van der Waals surface area (Å²) in [6, 6.07) is 0. The number of ether oxygens (including phenoxy) is 2. The van der Waals surface area contributed by atoms with Gasteiger partial charge < -0.3 is 45.0 Å². The van der Waals surface area contributed by atoms with Crippen molar-refractivity contribution in [2.24, 2.45) is 0 Å². The van der Waals surface area contributed by atoms with Gasteiger partial charge in [0.15, 0.2) is 6.10 Å². The van der Waals surface area contributed by atoms with E-state index < -0.39 is 81.8 Å². The number of carbonyl (C=O) groups excluding carboxylic acids is 2. The van der Waals surface area contributed by atoms with Crippen LogP contribution in [0, 0.1) is 0 Å². The van der Waals surface area contributed by atoms with Gasteiger partial charge in [0.05, 0.1) is 12.7 Å². The van der Waals surface area contributed by atoms with Gasteiger partial charge in [-0.2, -0.15) is 0 Å². The van der Waals surface area contributed by atoms with Crippen LogP contribution in [0.5, 0.6) is 0 Å². The molecule has 0 bridgehead atoms. The first kappa shape index (κ1) is 59.3. The molecule has 0 aromatic heterocycles. The fourth-order valence-corrected chi connectivity index (χ4v) is 7.69. The molecule has 9 atom stereocenters. The molecule has 1 aliphatic carbocycles. The number of aliphatic hydroxyl groups is 6. The lowest BCUT2D eigenvalue weighted by Crippen LogP contribution is -2.64. The molecular weight excluding hydrogens is 843 g/mol. The van der Waals surface area contributed by atoms with Gasteiger partial charge in [0.1, 0.15) is 43.2 Å². The Bertz CT molecular complexity index is 1410. The Balaban J connectivity index is 2.54. The predicted molar refractivity (Wildman–Crippen MR) is 250 cm³/mol. The van der Waals surface area contributed by atoms with E-state index in [9.17, 15) is 49.7 Å². The average molecular weight is 927 g/mol. The first-order valence-corrected chi connectivity index (χ1v) is 25.3. The number of hydrogen-bond acceptors (Lipinski definition) is 13. The summed E-state index contributed by atoms with van der Waals surface area (Å²) in [6.45, 7) is 3.06. The summed E-state index contributed by atoms with van der Waals surface area (Å²) in [5.74, 6) is -1.32. The fraction of sp³-hybridized carbons (Fsp3) is 0.714. The Kier molecular flexibility index (Phi) is 35.5. The number of phosphoric ester groups is 1. The van der Waals surface area contributed by atoms with Crippen LogP contribution in [0.2, 0.25) is 0 Å². The second-order valence-electron chi connectivity index (χ2n) is 16.5. The summed E-state index contributed by atoms with van der Waals surface area (Å²) < 4.78 is 33.4. The fourth-order valence-electron chi connectivity index (χ4n) is 6.71. The number of unbranched alkanes of at least 4 members (excludes halogenated alkanes) is 13. The normalized spacial score (nSPS) is 22.7. The molecule has 7 N–H and O–H groups in total. The molecule has 1 aliphatic rings. The van der Waals surface area contributed by atoms with E-state index in [1.165, 1.54) is 38.5 Å². The molecule has 1 fully saturated rings. The van der Waals surface area contributed by atoms with Gasteiger partial charge in [-0.15, -0.1) is 0 Å². The van der Waals surface area contributed by atoms with Crippen molar-refractivity contribution >= 4 is 19.8 Å². The Morgan fingerprint density at radius 3 is 1.59 bits per heavy atom. The van der Waals surface area contributed by atoms with Crippen LogP contribution in [-0.2, 0) is 32.7 Å². The molecule has 0 amide bonds. The number of aliphatic hydroxyl groups excluding tert-OH is 6. The minimum atomic E-state index is -5.17. The Morgan fingerprint density at radius 2 is 1.03 bits per heavy atom. The van der Waals surface area contributed by atoms with Crippen molar-refractivity contribution in [1.82, 2.24) is 0 Å². The number of allylic oxidation sites excluding steroid dienone is 11. The third-order valence-corrected chi connectivity index (χ3v) is 11.6. The first-order valence-electron chi connectivity index (χ1n) is 23.8. The molecule has 64 heavy (non-hydrogen) atoms. The molecule has 15 heteroatoms. The van der Waals surface area contributed by atoms with Crippen molar-refractivity contribution in [2.45, 2.75) is 210 Å². The molecule has 0 radical (unpaired) electrons. The Morgan fingerprint density at radius 1 is 0.562 bits per heavy atom. The molecular formula is C49H83O14P. The second-order valence-corrected chi connectivity index (χ2v) is 17.9. The maximum Gasteiger partial charge on any atom is 0.472 e. The standard InChI is InChI=1S/C49H83O14P/c1-3-5-7-9-11-13-15-17-18-19-20-22-24-26-28-30-32-36-43(52)62-41(39-61-64(58,59)63-49-47(56)45(54)44(53)46(55)48(49)57)38-60-42(51)37-33-35-40(50)34-31-29-27-25-23-21-16-14-12-10-8-6-4-2/h11-14,17-18,21,23,27,29,31,34,40-41,44-50,53-57H,3-10,15-16,19-20,22,24-26,28,30,32-33,35-39H2,1-2H3,(H,58,59)/b13-11-,14-12-,18-17-,23-21-,29-27-,34-31+/t40-,41-,44?,45-,46+,47-,48-,49?/m1/s1. The Hall–Kier alpha value is -2.75. The van der Waals surface area contributed by atoms with Crippen LogP contribution < -0.4 is 0 Å². The molecule has 0 aromatic carbocycles. The lowest BCUT2D eigenvalue weighted by molar-refractivity contribution is -0.220. The number of phosphoric acid groups is 1. The number of esters is 2. The molecule has 14 nitrogen and oxygen atoms in total. The third kappa shape index (κ3) is 30.5. The van der Waals surface area contributed by atoms with Crippen LogP contribution in [0.1, 0.15) is 162 Å². The SMILES string of the molecule is CCCCC/C=C\C/C=C\C/C=C\C=C\[C@@H](O)CCCC(=O)OC[C@H](COP(=O)(O)OC1[C@H](O)[C@H](O)C(O)[C@H](O)[C@H]1O)OC(=O)CCCCCCCCC/C=C\C/C=C\CCCCC. The maximum atomic E-state index is 12.8. The summed E-state index contributed by atoms with van der Waals surface area (Å²) in [4.78, 5) is 35.8. The molecule has 1 rings (SSSR count). The average Bonchev–Trinajstić information content (AvgIpc) is 3.27. The molecule has 0 aliphatic heterocycles. The molecule has 3 unspecified atom stereocenters. The highest BCUT2D eigenvalue weighted by Crippen LogP contribution is 2.47. The van der Waals surface area contributed by atoms with Crippen LogP contribution in [0.25, 0.3) is 0 Å². The molecule has 0 aromatic rings. The molecule has 0 saturated heterocycles. The van der Waals surface area contributed by atoms with Gasteiger partial charge in [0.2, 0.25) is 0 Å². The van der Waals surface area contributed by atoms with Gasteiger partial charge in [-0.1, -0.05) is 145 Å². The number of rotatable bonds is 38. The zero-order chi connectivity index (χ0) is 47.3. The van der Waals surface area contributed by atoms with Crippen molar-refractivity contribution in [2.75, 3.05) is 13.2 Å². The zero-order valence-electron chi connectivity index (χ0n) is 38.7. The second kappa shape index (κ2) is 38.4. The van der Waals surface area contributed by atoms with Gasteiger partial charge in [-0.3, -0.25) is 18.6 Å². The topological polar surface area (TPSA) is 230 Å². The van der Waals surface area contributed by atoms with Crippen molar-refractivity contribution < 1.29 is 68.2 Å². The monoisotopic (exact) mass is 927 g/mol. The van der Waals surface area contributed by atoms with Crippen LogP contribution in [0.4, 0.5) is 0 Å². The first-order chi connectivity index (χ1) is 30.8. The van der Waals surface area contributed by atoms with Crippen LogP contribution in [-0.4, -0.2) is 110 Å². The van der Waals surface area contributed by atoms with E-state index in [0.717, 1.165) is 77.0 Å². The Labute approximate surface area is 383 Å². The van der Waals surface area contributed by atoms with E-state index in [1.54, 1.807) is 12.2 Å².